The van der Waals surface area contributed by atoms with Crippen LogP contribution in [0.25, 0.3) is 0 Å². The second-order valence-electron chi connectivity index (χ2n) is 3.88. The van der Waals surface area contributed by atoms with Gasteiger partial charge in [-0.1, -0.05) is 30.4 Å². The first-order valence-electron chi connectivity index (χ1n) is 5.30. The average Bonchev–Trinajstić information content (AvgIpc) is 2.70. The number of hydrogen-bond acceptors (Lipinski definition) is 1. The normalized spacial score (nSPS) is 19.1. The number of hydrogen-bond donors (Lipinski definition) is 1. The fourth-order valence-corrected chi connectivity index (χ4v) is 2.02. The maximum absolute atomic E-state index is 11.1. The topological polar surface area (TPSA) is 29.1 Å². The van der Waals surface area contributed by atoms with E-state index in [1.54, 1.807) is 6.92 Å². The summed E-state index contributed by atoms with van der Waals surface area (Å²) in [7, 11) is 0. The Bertz CT molecular complexity index is 395. The predicted molar refractivity (Wildman–Crippen MR) is 61.9 cm³/mol. The molecule has 0 radical (unpaired) electrons. The van der Waals surface area contributed by atoms with Crippen molar-refractivity contribution in [3.05, 3.63) is 42.0 Å². The van der Waals surface area contributed by atoms with Crippen molar-refractivity contribution in [3.63, 3.8) is 0 Å². The van der Waals surface area contributed by atoms with E-state index >= 15 is 0 Å². The fourth-order valence-electron chi connectivity index (χ4n) is 2.02. The van der Waals surface area contributed by atoms with E-state index < -0.39 is 0 Å². The zero-order valence-corrected chi connectivity index (χ0v) is 8.86. The zero-order valence-electron chi connectivity index (χ0n) is 8.86. The van der Waals surface area contributed by atoms with Crippen LogP contribution in [0.4, 0.5) is 5.69 Å². The summed E-state index contributed by atoms with van der Waals surface area (Å²) in [4.78, 5) is 11.1. The summed E-state index contributed by atoms with van der Waals surface area (Å²) in [5.74, 6) is 0.456. The van der Waals surface area contributed by atoms with E-state index in [2.05, 4.69) is 23.5 Å². The van der Waals surface area contributed by atoms with E-state index in [1.807, 2.05) is 18.2 Å². The predicted octanol–water partition coefficient (Wildman–Crippen LogP) is 3.08. The Morgan fingerprint density at radius 1 is 1.40 bits per heavy atom. The summed E-state index contributed by atoms with van der Waals surface area (Å²) in [6.07, 6.45) is 6.71. The third kappa shape index (κ3) is 2.27. The van der Waals surface area contributed by atoms with Gasteiger partial charge in [0.2, 0.25) is 5.91 Å². The molecule has 1 atom stereocenters. The molecule has 0 bridgehead atoms. The van der Waals surface area contributed by atoms with Gasteiger partial charge < -0.3 is 5.32 Å². The molecule has 0 saturated heterocycles. The lowest BCUT2D eigenvalue weighted by atomic mass is 9.97. The lowest BCUT2D eigenvalue weighted by Gasteiger charge is -2.14. The maximum atomic E-state index is 11.1. The molecule has 1 N–H and O–H groups in total. The summed E-state index contributed by atoms with van der Waals surface area (Å²) in [6.45, 7) is 1.54. The van der Waals surface area contributed by atoms with Gasteiger partial charge in [0.25, 0.3) is 0 Å². The summed E-state index contributed by atoms with van der Waals surface area (Å²) >= 11 is 0. The standard InChI is InChI=1S/C13H15NO/c1-10(15)14-13-9-5-4-8-12(13)11-6-2-3-7-11/h2,4-6,8-9,11H,3,7H2,1H3,(H,14,15). The molecule has 1 unspecified atom stereocenters. The zero-order chi connectivity index (χ0) is 10.7. The summed E-state index contributed by atoms with van der Waals surface area (Å²) in [5.41, 5.74) is 2.17. The lowest BCUT2D eigenvalue weighted by molar-refractivity contribution is -0.114. The molecule has 1 amide bonds. The fraction of sp³-hybridized carbons (Fsp3) is 0.308. The molecule has 0 spiro atoms. The minimum Gasteiger partial charge on any atom is -0.326 e. The van der Waals surface area contributed by atoms with Gasteiger partial charge in [0, 0.05) is 18.5 Å². The van der Waals surface area contributed by atoms with Crippen LogP contribution in [0.2, 0.25) is 0 Å². The number of rotatable bonds is 2. The van der Waals surface area contributed by atoms with Gasteiger partial charge in [0.05, 0.1) is 0 Å². The van der Waals surface area contributed by atoms with Gasteiger partial charge in [0.1, 0.15) is 0 Å². The summed E-state index contributed by atoms with van der Waals surface area (Å²) < 4.78 is 0. The quantitative estimate of drug-likeness (QED) is 0.732. The molecular formula is C13H15NO. The van der Waals surface area contributed by atoms with Crippen LogP contribution in [0, 0.1) is 0 Å². The first-order chi connectivity index (χ1) is 7.27. The largest absolute Gasteiger partial charge is 0.326 e. The number of carbonyl (C=O) groups excluding carboxylic acids is 1. The number of para-hydroxylation sites is 1. The Kier molecular flexibility index (Phi) is 2.86. The third-order valence-electron chi connectivity index (χ3n) is 2.68. The van der Waals surface area contributed by atoms with Crippen LogP contribution in [0.5, 0.6) is 0 Å². The number of carbonyl (C=O) groups is 1. The number of benzene rings is 1. The van der Waals surface area contributed by atoms with Crippen molar-refractivity contribution < 1.29 is 4.79 Å². The van der Waals surface area contributed by atoms with Crippen molar-refractivity contribution in [1.29, 1.82) is 0 Å². The Balaban J connectivity index is 2.28. The highest BCUT2D eigenvalue weighted by atomic mass is 16.1. The number of anilines is 1. The molecule has 0 fully saturated rings. The van der Waals surface area contributed by atoms with Crippen molar-refractivity contribution in [2.75, 3.05) is 5.32 Å². The van der Waals surface area contributed by atoms with Gasteiger partial charge in [-0.15, -0.1) is 0 Å². The van der Waals surface area contributed by atoms with E-state index in [1.165, 1.54) is 5.56 Å². The molecule has 0 aliphatic heterocycles. The first-order valence-corrected chi connectivity index (χ1v) is 5.30. The van der Waals surface area contributed by atoms with Gasteiger partial charge in [-0.25, -0.2) is 0 Å². The van der Waals surface area contributed by atoms with E-state index in [0.717, 1.165) is 18.5 Å². The van der Waals surface area contributed by atoms with Gasteiger partial charge in [-0.05, 0) is 24.5 Å². The molecular weight excluding hydrogens is 186 g/mol. The Morgan fingerprint density at radius 3 is 2.87 bits per heavy atom. The van der Waals surface area contributed by atoms with E-state index in [0.29, 0.717) is 5.92 Å². The highest BCUT2D eigenvalue weighted by Gasteiger charge is 2.15. The van der Waals surface area contributed by atoms with Crippen LogP contribution >= 0.6 is 0 Å². The molecule has 78 valence electrons. The highest BCUT2D eigenvalue weighted by molar-refractivity contribution is 5.89. The second-order valence-corrected chi connectivity index (χ2v) is 3.88. The van der Waals surface area contributed by atoms with E-state index in [4.69, 9.17) is 0 Å². The monoisotopic (exact) mass is 201 g/mol. The summed E-state index contributed by atoms with van der Waals surface area (Å²) in [6, 6.07) is 8.02. The van der Waals surface area contributed by atoms with Gasteiger partial charge in [-0.3, -0.25) is 4.79 Å². The molecule has 1 aliphatic rings. The van der Waals surface area contributed by atoms with Crippen LogP contribution in [-0.2, 0) is 4.79 Å². The molecule has 0 saturated carbocycles. The molecule has 1 aromatic carbocycles. The molecule has 1 aromatic rings. The average molecular weight is 201 g/mol. The van der Waals surface area contributed by atoms with Crippen LogP contribution in [-0.4, -0.2) is 5.91 Å². The Labute approximate surface area is 90.0 Å². The first kappa shape index (κ1) is 9.97. The number of allylic oxidation sites excluding steroid dienone is 2. The van der Waals surface area contributed by atoms with Gasteiger partial charge in [-0.2, -0.15) is 0 Å². The smallest absolute Gasteiger partial charge is 0.221 e. The lowest BCUT2D eigenvalue weighted by Crippen LogP contribution is -2.09. The van der Waals surface area contributed by atoms with Crippen LogP contribution < -0.4 is 5.32 Å². The van der Waals surface area contributed by atoms with Gasteiger partial charge >= 0.3 is 0 Å². The Hall–Kier alpha value is -1.57. The van der Waals surface area contributed by atoms with Crippen LogP contribution in [0.1, 0.15) is 31.2 Å². The van der Waals surface area contributed by atoms with Crippen LogP contribution in [0.15, 0.2) is 36.4 Å². The van der Waals surface area contributed by atoms with E-state index in [-0.39, 0.29) is 5.91 Å². The molecule has 0 aromatic heterocycles. The number of amides is 1. The van der Waals surface area contributed by atoms with Crippen molar-refractivity contribution in [2.45, 2.75) is 25.7 Å². The molecule has 0 heterocycles. The Morgan fingerprint density at radius 2 is 2.20 bits per heavy atom. The second kappa shape index (κ2) is 4.30. The molecule has 2 nitrogen and oxygen atoms in total. The van der Waals surface area contributed by atoms with Crippen LogP contribution in [0.3, 0.4) is 0 Å². The minimum atomic E-state index is -0.00979. The van der Waals surface area contributed by atoms with Crippen molar-refractivity contribution >= 4 is 11.6 Å². The molecule has 2 rings (SSSR count). The minimum absolute atomic E-state index is 0.00979. The molecule has 15 heavy (non-hydrogen) atoms. The van der Waals surface area contributed by atoms with Gasteiger partial charge in [0.15, 0.2) is 0 Å². The number of nitrogens with one attached hydrogen (secondary N) is 1. The SMILES string of the molecule is CC(=O)Nc1ccccc1C1C=CCC1. The summed E-state index contributed by atoms with van der Waals surface area (Å²) in [5, 5.41) is 2.88. The molecule has 1 aliphatic carbocycles. The molecule has 2 heteroatoms. The van der Waals surface area contributed by atoms with Crippen molar-refractivity contribution in [2.24, 2.45) is 0 Å². The van der Waals surface area contributed by atoms with E-state index in [9.17, 15) is 4.79 Å². The third-order valence-corrected chi connectivity index (χ3v) is 2.68. The highest BCUT2D eigenvalue weighted by Crippen LogP contribution is 2.32. The van der Waals surface area contributed by atoms with Crippen molar-refractivity contribution in [1.82, 2.24) is 0 Å². The van der Waals surface area contributed by atoms with Crippen molar-refractivity contribution in [3.8, 4) is 0 Å². The maximum Gasteiger partial charge on any atom is 0.221 e.